The second kappa shape index (κ2) is 5.25. The van der Waals surface area contributed by atoms with Crippen molar-refractivity contribution in [3.8, 4) is 0 Å². The Hall–Kier alpha value is -0.780. The number of aromatic nitrogens is 2. The summed E-state index contributed by atoms with van der Waals surface area (Å²) in [4.78, 5) is 7.35. The highest BCUT2D eigenvalue weighted by Gasteiger charge is 2.31. The van der Waals surface area contributed by atoms with Crippen LogP contribution in [0.25, 0.3) is 0 Å². The van der Waals surface area contributed by atoms with Crippen molar-refractivity contribution in [2.24, 2.45) is 5.92 Å². The van der Waals surface area contributed by atoms with E-state index in [1.807, 2.05) is 0 Å². The summed E-state index contributed by atoms with van der Waals surface area (Å²) in [5.41, 5.74) is 0.197. The highest BCUT2D eigenvalue weighted by molar-refractivity contribution is 6.28. The lowest BCUT2D eigenvalue weighted by Crippen LogP contribution is -2.38. The van der Waals surface area contributed by atoms with E-state index in [-0.39, 0.29) is 23.3 Å². The van der Waals surface area contributed by atoms with Crippen LogP contribution in [0.2, 0.25) is 5.28 Å². The van der Waals surface area contributed by atoms with Crippen molar-refractivity contribution in [3.63, 3.8) is 0 Å². The van der Waals surface area contributed by atoms with Crippen molar-refractivity contribution in [1.29, 1.82) is 0 Å². The summed E-state index contributed by atoms with van der Waals surface area (Å²) in [6, 6.07) is 0. The first-order valence-electron chi connectivity index (χ1n) is 5.61. The van der Waals surface area contributed by atoms with Gasteiger partial charge in [0.1, 0.15) is 0 Å². The van der Waals surface area contributed by atoms with Crippen LogP contribution in [0.5, 0.6) is 0 Å². The zero-order valence-electron chi connectivity index (χ0n) is 9.18. The molecular weight excluding hydrogens is 247 g/mol. The topological polar surface area (TPSA) is 66.2 Å². The average molecular weight is 261 g/mol. The highest BCUT2D eigenvalue weighted by atomic mass is 35.5. The molecule has 0 aromatic carbocycles. The van der Waals surface area contributed by atoms with Crippen LogP contribution >= 0.6 is 11.6 Å². The minimum absolute atomic E-state index is 0.00718. The minimum Gasteiger partial charge on any atom is -0.390 e. The smallest absolute Gasteiger partial charge is 0.222 e. The molecule has 1 fully saturated rings. The summed E-state index contributed by atoms with van der Waals surface area (Å²) in [6.07, 6.45) is 1.90. The fourth-order valence-electron chi connectivity index (χ4n) is 2.24. The van der Waals surface area contributed by atoms with Crippen LogP contribution in [0.1, 0.15) is 25.0 Å². The molecule has 0 aliphatic heterocycles. The Morgan fingerprint density at radius 3 is 2.94 bits per heavy atom. The standard InChI is InChI=1S/C11H14ClFN2O2/c12-11-14-5-7(13)8(15-11)4-6-2-1-3-9(16)10(6)17/h5-6,9-10,16-17H,1-4H2/t6-,9-,10-/m1/s1. The quantitative estimate of drug-likeness (QED) is 0.788. The molecule has 3 atom stereocenters. The van der Waals surface area contributed by atoms with Crippen LogP contribution in [-0.2, 0) is 6.42 Å². The SMILES string of the molecule is O[C@@H]1[C@@H](Cc2nc(Cl)ncc2F)CCC[C@H]1O. The summed E-state index contributed by atoms with van der Waals surface area (Å²) in [5, 5.41) is 19.4. The predicted molar refractivity (Wildman–Crippen MR) is 60.1 cm³/mol. The van der Waals surface area contributed by atoms with E-state index >= 15 is 0 Å². The summed E-state index contributed by atoms with van der Waals surface area (Å²) in [5.74, 6) is -0.708. The maximum Gasteiger partial charge on any atom is 0.222 e. The fraction of sp³-hybridized carbons (Fsp3) is 0.636. The maximum atomic E-state index is 13.4. The van der Waals surface area contributed by atoms with Crippen LogP contribution in [0.15, 0.2) is 6.20 Å². The number of rotatable bonds is 2. The van der Waals surface area contributed by atoms with E-state index in [1.54, 1.807) is 0 Å². The van der Waals surface area contributed by atoms with Crippen molar-refractivity contribution < 1.29 is 14.6 Å². The molecule has 0 radical (unpaired) electrons. The van der Waals surface area contributed by atoms with Crippen molar-refractivity contribution >= 4 is 11.6 Å². The summed E-state index contributed by atoms with van der Waals surface area (Å²) >= 11 is 5.60. The Kier molecular flexibility index (Phi) is 3.91. The van der Waals surface area contributed by atoms with E-state index in [9.17, 15) is 14.6 Å². The number of nitrogens with zero attached hydrogens (tertiary/aromatic N) is 2. The number of hydrogen-bond acceptors (Lipinski definition) is 4. The van der Waals surface area contributed by atoms with Gasteiger partial charge in [0.15, 0.2) is 5.82 Å². The van der Waals surface area contributed by atoms with Crippen molar-refractivity contribution in [1.82, 2.24) is 9.97 Å². The molecule has 0 saturated heterocycles. The van der Waals surface area contributed by atoms with Crippen LogP contribution in [0.3, 0.4) is 0 Å². The Labute approximate surface area is 103 Å². The zero-order valence-corrected chi connectivity index (χ0v) is 9.94. The molecule has 1 aromatic heterocycles. The van der Waals surface area contributed by atoms with Crippen molar-refractivity contribution in [2.45, 2.75) is 37.9 Å². The third kappa shape index (κ3) is 2.91. The van der Waals surface area contributed by atoms with Crippen molar-refractivity contribution in [3.05, 3.63) is 23.0 Å². The van der Waals surface area contributed by atoms with Gasteiger partial charge in [0.05, 0.1) is 24.1 Å². The van der Waals surface area contributed by atoms with E-state index in [1.165, 1.54) is 0 Å². The molecule has 1 heterocycles. The number of aliphatic hydroxyl groups is 2. The first-order valence-corrected chi connectivity index (χ1v) is 5.98. The lowest BCUT2D eigenvalue weighted by atomic mass is 9.82. The third-order valence-electron chi connectivity index (χ3n) is 3.19. The lowest BCUT2D eigenvalue weighted by molar-refractivity contribution is -0.0447. The molecule has 0 spiro atoms. The normalized spacial score (nSPS) is 29.3. The molecule has 1 saturated carbocycles. The van der Waals surface area contributed by atoms with Gasteiger partial charge >= 0.3 is 0 Å². The number of hydrogen-bond donors (Lipinski definition) is 2. The Bertz CT molecular complexity index is 405. The molecule has 1 aliphatic rings. The fourth-order valence-corrected chi connectivity index (χ4v) is 2.39. The monoisotopic (exact) mass is 260 g/mol. The predicted octanol–water partition coefficient (Wildman–Crippen LogP) is 1.33. The lowest BCUT2D eigenvalue weighted by Gasteiger charge is -2.31. The van der Waals surface area contributed by atoms with E-state index in [2.05, 4.69) is 9.97 Å². The van der Waals surface area contributed by atoms with Crippen LogP contribution in [-0.4, -0.2) is 32.4 Å². The molecule has 2 N–H and O–H groups in total. The molecule has 0 unspecified atom stereocenters. The van der Waals surface area contributed by atoms with Crippen LogP contribution < -0.4 is 0 Å². The summed E-state index contributed by atoms with van der Waals surface area (Å²) in [7, 11) is 0. The molecule has 17 heavy (non-hydrogen) atoms. The zero-order chi connectivity index (χ0) is 12.4. The van der Waals surface area contributed by atoms with Gasteiger partial charge in [-0.2, -0.15) is 0 Å². The molecule has 6 heteroatoms. The van der Waals surface area contributed by atoms with Crippen LogP contribution in [0, 0.1) is 11.7 Å². The summed E-state index contributed by atoms with van der Waals surface area (Å²) < 4.78 is 13.4. The highest BCUT2D eigenvalue weighted by Crippen LogP contribution is 2.28. The van der Waals surface area contributed by atoms with Gasteiger partial charge in [-0.15, -0.1) is 0 Å². The molecule has 94 valence electrons. The number of aliphatic hydroxyl groups excluding tert-OH is 2. The average Bonchev–Trinajstić information content (AvgIpc) is 2.30. The van der Waals surface area contributed by atoms with Gasteiger partial charge in [-0.3, -0.25) is 0 Å². The minimum atomic E-state index is -0.822. The summed E-state index contributed by atoms with van der Waals surface area (Å²) in [6.45, 7) is 0. The van der Waals surface area contributed by atoms with E-state index < -0.39 is 18.0 Å². The van der Waals surface area contributed by atoms with Gasteiger partial charge in [-0.1, -0.05) is 6.42 Å². The van der Waals surface area contributed by atoms with Crippen LogP contribution in [0.4, 0.5) is 4.39 Å². The van der Waals surface area contributed by atoms with Gasteiger partial charge < -0.3 is 10.2 Å². The molecular formula is C11H14ClFN2O2. The first kappa shape index (κ1) is 12.7. The van der Waals surface area contributed by atoms with E-state index in [0.29, 0.717) is 6.42 Å². The molecule has 1 aromatic rings. The van der Waals surface area contributed by atoms with E-state index in [0.717, 1.165) is 19.0 Å². The second-order valence-electron chi connectivity index (χ2n) is 4.39. The van der Waals surface area contributed by atoms with Gasteiger partial charge in [0, 0.05) is 0 Å². The Balaban J connectivity index is 2.11. The third-order valence-corrected chi connectivity index (χ3v) is 3.38. The maximum absolute atomic E-state index is 13.4. The molecule has 4 nitrogen and oxygen atoms in total. The number of halogens is 2. The Morgan fingerprint density at radius 1 is 1.41 bits per heavy atom. The largest absolute Gasteiger partial charge is 0.390 e. The van der Waals surface area contributed by atoms with Gasteiger partial charge in [0.2, 0.25) is 5.28 Å². The Morgan fingerprint density at radius 2 is 2.18 bits per heavy atom. The molecule has 0 bridgehead atoms. The second-order valence-corrected chi connectivity index (χ2v) is 4.72. The molecule has 1 aliphatic carbocycles. The van der Waals surface area contributed by atoms with Gasteiger partial charge in [-0.25, -0.2) is 14.4 Å². The first-order chi connectivity index (χ1) is 8.08. The van der Waals surface area contributed by atoms with Crippen molar-refractivity contribution in [2.75, 3.05) is 0 Å². The van der Waals surface area contributed by atoms with E-state index in [4.69, 9.17) is 11.6 Å². The molecule has 2 rings (SSSR count). The molecule has 0 amide bonds. The van der Waals surface area contributed by atoms with Gasteiger partial charge in [0.25, 0.3) is 0 Å². The van der Waals surface area contributed by atoms with Gasteiger partial charge in [-0.05, 0) is 36.8 Å².